The van der Waals surface area contributed by atoms with Gasteiger partial charge in [-0.05, 0) is 24.6 Å². The zero-order valence-corrected chi connectivity index (χ0v) is 13.1. The van der Waals surface area contributed by atoms with Gasteiger partial charge >= 0.3 is 0 Å². The summed E-state index contributed by atoms with van der Waals surface area (Å²) in [5.41, 5.74) is 0.729. The maximum absolute atomic E-state index is 12.9. The largest absolute Gasteiger partial charge is 0.334 e. The topological polar surface area (TPSA) is 54.5 Å². The van der Waals surface area contributed by atoms with Crippen LogP contribution in [0.2, 0.25) is 0 Å². The summed E-state index contributed by atoms with van der Waals surface area (Å²) in [4.78, 5) is 13.7. The van der Waals surface area contributed by atoms with E-state index in [1.807, 2.05) is 0 Å². The maximum Gasteiger partial charge on any atom is 0.241 e. The van der Waals surface area contributed by atoms with E-state index in [4.69, 9.17) is 0 Å². The molecule has 0 aliphatic heterocycles. The minimum absolute atomic E-state index is 0.0849. The number of halogens is 1. The lowest BCUT2D eigenvalue weighted by molar-refractivity contribution is -0.130. The van der Waals surface area contributed by atoms with Gasteiger partial charge < -0.3 is 4.90 Å². The molecule has 1 amide bonds. The van der Waals surface area contributed by atoms with Gasteiger partial charge in [0.1, 0.15) is 11.1 Å². The molecular weight excluding hydrogens is 293 g/mol. The molecule has 0 saturated heterocycles. The second-order valence-corrected chi connectivity index (χ2v) is 7.34. The van der Waals surface area contributed by atoms with Gasteiger partial charge in [-0.25, -0.2) is 12.8 Å². The Hall–Kier alpha value is -1.69. The summed E-state index contributed by atoms with van der Waals surface area (Å²) in [6.45, 7) is 6.93. The lowest BCUT2D eigenvalue weighted by atomic mass is 10.2. The van der Waals surface area contributed by atoms with Crippen molar-refractivity contribution in [1.29, 1.82) is 0 Å². The molecule has 0 saturated carbocycles. The third-order valence-electron chi connectivity index (χ3n) is 3.24. The first-order chi connectivity index (χ1) is 9.81. The molecule has 6 heteroatoms. The van der Waals surface area contributed by atoms with Crippen molar-refractivity contribution in [2.24, 2.45) is 0 Å². The maximum atomic E-state index is 12.9. The molecule has 21 heavy (non-hydrogen) atoms. The molecule has 0 bridgehead atoms. The predicted molar refractivity (Wildman–Crippen MR) is 80.9 cm³/mol. The Morgan fingerprint density at radius 2 is 1.95 bits per heavy atom. The molecule has 0 fully saturated rings. The highest BCUT2D eigenvalue weighted by Crippen LogP contribution is 2.12. The van der Waals surface area contributed by atoms with Crippen LogP contribution in [0.1, 0.15) is 19.4 Å². The van der Waals surface area contributed by atoms with E-state index in [1.54, 1.807) is 12.1 Å². The van der Waals surface area contributed by atoms with Crippen molar-refractivity contribution in [3.8, 4) is 0 Å². The number of hydrogen-bond donors (Lipinski definition) is 0. The molecule has 1 atom stereocenters. The second-order valence-electron chi connectivity index (χ2n) is 4.73. The molecule has 4 nitrogen and oxygen atoms in total. The first kappa shape index (κ1) is 17.4. The Morgan fingerprint density at radius 3 is 2.43 bits per heavy atom. The van der Waals surface area contributed by atoms with Crippen molar-refractivity contribution in [3.63, 3.8) is 0 Å². The number of nitrogens with zero attached hydrogens (tertiary/aromatic N) is 1. The molecule has 1 aromatic carbocycles. The van der Waals surface area contributed by atoms with Crippen molar-refractivity contribution < 1.29 is 17.6 Å². The van der Waals surface area contributed by atoms with Gasteiger partial charge in [0.25, 0.3) is 0 Å². The number of benzene rings is 1. The van der Waals surface area contributed by atoms with E-state index in [1.165, 1.54) is 37.0 Å². The van der Waals surface area contributed by atoms with Crippen LogP contribution in [0.4, 0.5) is 4.39 Å². The Morgan fingerprint density at radius 1 is 1.38 bits per heavy atom. The van der Waals surface area contributed by atoms with Crippen molar-refractivity contribution in [1.82, 2.24) is 4.90 Å². The average Bonchev–Trinajstić information content (AvgIpc) is 2.47. The Kier molecular flexibility index (Phi) is 6.08. The third-order valence-corrected chi connectivity index (χ3v) is 5.32. The monoisotopic (exact) mass is 313 g/mol. The molecule has 0 aliphatic carbocycles. The standard InChI is InChI=1S/C15H20FNO3S/c1-4-10-17(11-13-6-8-14(16)9-7-13)15(18)12(3)21(19,20)5-2/h4,6-9,12H,1,5,10-11H2,2-3H3/t12-/m1/s1. The average molecular weight is 313 g/mol. The quantitative estimate of drug-likeness (QED) is 0.725. The smallest absolute Gasteiger partial charge is 0.241 e. The number of carbonyl (C=O) groups is 1. The molecule has 116 valence electrons. The molecule has 0 N–H and O–H groups in total. The first-order valence-electron chi connectivity index (χ1n) is 6.67. The zero-order chi connectivity index (χ0) is 16.0. The van der Waals surface area contributed by atoms with Crippen LogP contribution in [0, 0.1) is 5.82 Å². The molecule has 1 aromatic rings. The number of sulfone groups is 1. The molecule has 0 aliphatic rings. The number of carbonyl (C=O) groups excluding carboxylic acids is 1. The number of amides is 1. The predicted octanol–water partition coefficient (Wildman–Crippen LogP) is 2.16. The lowest BCUT2D eigenvalue weighted by Gasteiger charge is -2.24. The fourth-order valence-electron chi connectivity index (χ4n) is 1.86. The van der Waals surface area contributed by atoms with Crippen LogP contribution >= 0.6 is 0 Å². The summed E-state index contributed by atoms with van der Waals surface area (Å²) < 4.78 is 36.5. The van der Waals surface area contributed by atoms with Crippen LogP contribution < -0.4 is 0 Å². The highest BCUT2D eigenvalue weighted by atomic mass is 32.2. The van der Waals surface area contributed by atoms with Crippen LogP contribution in [-0.4, -0.2) is 36.8 Å². The summed E-state index contributed by atoms with van der Waals surface area (Å²) in [5, 5.41) is -1.09. The van der Waals surface area contributed by atoms with Crippen molar-refractivity contribution in [2.75, 3.05) is 12.3 Å². The van der Waals surface area contributed by atoms with E-state index in [0.717, 1.165) is 5.56 Å². The Labute approximate surface area is 125 Å². The Bertz CT molecular complexity index is 596. The van der Waals surface area contributed by atoms with Gasteiger partial charge in [0.15, 0.2) is 9.84 Å². The summed E-state index contributed by atoms with van der Waals surface area (Å²) in [6.07, 6.45) is 1.53. The van der Waals surface area contributed by atoms with Gasteiger partial charge in [-0.3, -0.25) is 4.79 Å². The SMILES string of the molecule is C=CCN(Cc1ccc(F)cc1)C(=O)[C@@H](C)S(=O)(=O)CC. The van der Waals surface area contributed by atoms with Crippen molar-refractivity contribution in [3.05, 3.63) is 48.3 Å². The van der Waals surface area contributed by atoms with E-state index in [0.29, 0.717) is 0 Å². The Balaban J connectivity index is 2.93. The summed E-state index contributed by atoms with van der Waals surface area (Å²) in [5.74, 6) is -0.915. The third kappa shape index (κ3) is 4.67. The highest BCUT2D eigenvalue weighted by Gasteiger charge is 2.29. The fraction of sp³-hybridized carbons (Fsp3) is 0.400. The molecule has 0 radical (unpaired) electrons. The number of hydrogen-bond acceptors (Lipinski definition) is 3. The van der Waals surface area contributed by atoms with E-state index in [9.17, 15) is 17.6 Å². The van der Waals surface area contributed by atoms with Gasteiger partial charge in [-0.15, -0.1) is 6.58 Å². The van der Waals surface area contributed by atoms with E-state index < -0.39 is 21.0 Å². The van der Waals surface area contributed by atoms with Crippen LogP contribution in [0.25, 0.3) is 0 Å². The number of rotatable bonds is 7. The molecule has 0 heterocycles. The van der Waals surface area contributed by atoms with Crippen LogP contribution in [0.15, 0.2) is 36.9 Å². The molecule has 1 rings (SSSR count). The molecule has 0 spiro atoms. The second kappa shape index (κ2) is 7.36. The van der Waals surface area contributed by atoms with Gasteiger partial charge in [-0.1, -0.05) is 25.1 Å². The highest BCUT2D eigenvalue weighted by molar-refractivity contribution is 7.92. The van der Waals surface area contributed by atoms with Crippen LogP contribution in [0.3, 0.4) is 0 Å². The van der Waals surface area contributed by atoms with Crippen LogP contribution in [0.5, 0.6) is 0 Å². The normalized spacial score (nSPS) is 12.7. The van der Waals surface area contributed by atoms with Crippen LogP contribution in [-0.2, 0) is 21.2 Å². The lowest BCUT2D eigenvalue weighted by Crippen LogP contribution is -2.41. The first-order valence-corrected chi connectivity index (χ1v) is 8.39. The minimum atomic E-state index is -3.45. The molecule has 0 aromatic heterocycles. The van der Waals surface area contributed by atoms with Crippen molar-refractivity contribution in [2.45, 2.75) is 25.6 Å². The van der Waals surface area contributed by atoms with E-state index in [-0.39, 0.29) is 24.7 Å². The summed E-state index contributed by atoms with van der Waals surface area (Å²) in [7, 11) is -3.45. The van der Waals surface area contributed by atoms with Crippen molar-refractivity contribution >= 4 is 15.7 Å². The van der Waals surface area contributed by atoms with Gasteiger partial charge in [0, 0.05) is 18.8 Å². The van der Waals surface area contributed by atoms with Gasteiger partial charge in [-0.2, -0.15) is 0 Å². The molecular formula is C15H20FNO3S. The van der Waals surface area contributed by atoms with Gasteiger partial charge in [0.05, 0.1) is 0 Å². The van der Waals surface area contributed by atoms with E-state index >= 15 is 0 Å². The van der Waals surface area contributed by atoms with Gasteiger partial charge in [0.2, 0.25) is 5.91 Å². The zero-order valence-electron chi connectivity index (χ0n) is 12.3. The summed E-state index contributed by atoms with van der Waals surface area (Å²) in [6, 6.07) is 5.74. The molecule has 0 unspecified atom stereocenters. The summed E-state index contributed by atoms with van der Waals surface area (Å²) >= 11 is 0. The van der Waals surface area contributed by atoms with E-state index in [2.05, 4.69) is 6.58 Å². The fourth-order valence-corrected chi connectivity index (χ4v) is 2.82. The minimum Gasteiger partial charge on any atom is -0.334 e.